The first-order valence-corrected chi connectivity index (χ1v) is 7.64. The van der Waals surface area contributed by atoms with Crippen molar-refractivity contribution in [3.8, 4) is 0 Å². The van der Waals surface area contributed by atoms with Gasteiger partial charge in [0.2, 0.25) is 0 Å². The van der Waals surface area contributed by atoms with Crippen molar-refractivity contribution in [3.05, 3.63) is 101 Å². The van der Waals surface area contributed by atoms with Gasteiger partial charge >= 0.3 is 0 Å². The zero-order valence-electron chi connectivity index (χ0n) is 13.3. The van der Waals surface area contributed by atoms with Crippen molar-refractivity contribution in [1.29, 1.82) is 0 Å². The van der Waals surface area contributed by atoms with Gasteiger partial charge in [-0.15, -0.1) is 0 Å². The third-order valence-electron chi connectivity index (χ3n) is 3.53. The minimum atomic E-state index is -0.240. The van der Waals surface area contributed by atoms with Crippen LogP contribution in [0.25, 0.3) is 0 Å². The van der Waals surface area contributed by atoms with Crippen LogP contribution in [0.3, 0.4) is 0 Å². The van der Waals surface area contributed by atoms with Gasteiger partial charge in [-0.25, -0.2) is 5.43 Å². The molecule has 0 saturated carbocycles. The highest BCUT2D eigenvalue weighted by Crippen LogP contribution is 2.10. The molecule has 1 aromatic heterocycles. The second-order valence-corrected chi connectivity index (χ2v) is 5.38. The number of nitrogens with one attached hydrogen (secondary N) is 1. The molecule has 0 radical (unpaired) electrons. The minimum absolute atomic E-state index is 0.240. The molecule has 4 nitrogen and oxygen atoms in total. The van der Waals surface area contributed by atoms with Crippen LogP contribution >= 0.6 is 0 Å². The van der Waals surface area contributed by atoms with E-state index < -0.39 is 0 Å². The fourth-order valence-corrected chi connectivity index (χ4v) is 2.35. The summed E-state index contributed by atoms with van der Waals surface area (Å²) < 4.78 is 0. The molecule has 3 rings (SSSR count). The Morgan fingerprint density at radius 3 is 2.38 bits per heavy atom. The molecular weight excluding hydrogens is 298 g/mol. The van der Waals surface area contributed by atoms with Crippen LogP contribution in [-0.4, -0.2) is 16.6 Å². The van der Waals surface area contributed by atoms with Crippen LogP contribution in [0.2, 0.25) is 0 Å². The number of carbonyl (C=O) groups is 1. The Hall–Kier alpha value is -3.27. The van der Waals surface area contributed by atoms with Crippen molar-refractivity contribution in [2.24, 2.45) is 5.10 Å². The Balaban J connectivity index is 1.91. The van der Waals surface area contributed by atoms with Gasteiger partial charge in [-0.3, -0.25) is 9.78 Å². The van der Waals surface area contributed by atoms with Crippen LogP contribution in [0.4, 0.5) is 0 Å². The van der Waals surface area contributed by atoms with Crippen molar-refractivity contribution in [2.45, 2.75) is 6.92 Å². The van der Waals surface area contributed by atoms with Gasteiger partial charge in [0.05, 0.1) is 5.71 Å². The maximum atomic E-state index is 12.3. The Bertz CT molecular complexity index is 817. The summed E-state index contributed by atoms with van der Waals surface area (Å²) in [6, 6.07) is 20.9. The fraction of sp³-hybridized carbons (Fsp3) is 0.0500. The number of rotatable bonds is 4. The van der Waals surface area contributed by atoms with Gasteiger partial charge in [0, 0.05) is 29.1 Å². The van der Waals surface area contributed by atoms with E-state index >= 15 is 0 Å². The SMILES string of the molecule is Cc1cccc(C(=O)NN=C(c2ccccc2)c2cccnc2)c1. The maximum absolute atomic E-state index is 12.3. The monoisotopic (exact) mass is 315 g/mol. The van der Waals surface area contributed by atoms with Crippen molar-refractivity contribution < 1.29 is 4.79 Å². The number of hydrogen-bond donors (Lipinski definition) is 1. The van der Waals surface area contributed by atoms with Crippen molar-refractivity contribution in [2.75, 3.05) is 0 Å². The number of aryl methyl sites for hydroxylation is 1. The van der Waals surface area contributed by atoms with E-state index in [1.54, 1.807) is 18.5 Å². The number of nitrogens with zero attached hydrogens (tertiary/aromatic N) is 2. The van der Waals surface area contributed by atoms with Crippen molar-refractivity contribution in [3.63, 3.8) is 0 Å². The molecular formula is C20H17N3O. The van der Waals surface area contributed by atoms with Crippen LogP contribution < -0.4 is 5.43 Å². The zero-order chi connectivity index (χ0) is 16.8. The molecule has 1 amide bonds. The molecule has 0 atom stereocenters. The van der Waals surface area contributed by atoms with Gasteiger partial charge in [-0.05, 0) is 31.2 Å². The van der Waals surface area contributed by atoms with Crippen LogP contribution in [-0.2, 0) is 0 Å². The summed E-state index contributed by atoms with van der Waals surface area (Å²) in [4.78, 5) is 16.5. The predicted octanol–water partition coefficient (Wildman–Crippen LogP) is 3.57. The standard InChI is InChI=1S/C20H17N3O/c1-15-7-5-10-17(13-15)20(24)23-22-19(16-8-3-2-4-9-16)18-11-6-12-21-14-18/h2-14H,1H3,(H,23,24). The minimum Gasteiger partial charge on any atom is -0.267 e. The van der Waals surface area contributed by atoms with E-state index in [9.17, 15) is 4.79 Å². The van der Waals surface area contributed by atoms with Gasteiger partial charge in [0.15, 0.2) is 0 Å². The summed E-state index contributed by atoms with van der Waals surface area (Å²) in [5.41, 5.74) is 6.68. The first-order valence-electron chi connectivity index (χ1n) is 7.64. The Kier molecular flexibility index (Phi) is 4.77. The average molecular weight is 315 g/mol. The average Bonchev–Trinajstić information content (AvgIpc) is 2.63. The highest BCUT2D eigenvalue weighted by Gasteiger charge is 2.09. The Labute approximate surface area is 140 Å². The summed E-state index contributed by atoms with van der Waals surface area (Å²) in [5, 5.41) is 4.35. The maximum Gasteiger partial charge on any atom is 0.271 e. The molecule has 118 valence electrons. The molecule has 0 bridgehead atoms. The lowest BCUT2D eigenvalue weighted by Gasteiger charge is -2.08. The molecule has 0 fully saturated rings. The summed E-state index contributed by atoms with van der Waals surface area (Å²) in [5.74, 6) is -0.240. The summed E-state index contributed by atoms with van der Waals surface area (Å²) in [6.07, 6.45) is 3.43. The molecule has 0 saturated heterocycles. The predicted molar refractivity (Wildman–Crippen MR) is 95.0 cm³/mol. The van der Waals surface area contributed by atoms with E-state index in [1.165, 1.54) is 0 Å². The smallest absolute Gasteiger partial charge is 0.267 e. The van der Waals surface area contributed by atoms with Crippen LogP contribution in [0.5, 0.6) is 0 Å². The number of carbonyl (C=O) groups excluding carboxylic acids is 1. The molecule has 4 heteroatoms. The van der Waals surface area contributed by atoms with Crippen molar-refractivity contribution in [1.82, 2.24) is 10.4 Å². The van der Waals surface area contributed by atoms with Crippen LogP contribution in [0.15, 0.2) is 84.2 Å². The number of hydrogen-bond acceptors (Lipinski definition) is 3. The normalized spacial score (nSPS) is 11.1. The summed E-state index contributed by atoms with van der Waals surface area (Å²) in [6.45, 7) is 1.95. The zero-order valence-corrected chi connectivity index (χ0v) is 13.3. The van der Waals surface area contributed by atoms with Crippen molar-refractivity contribution >= 4 is 11.6 Å². The van der Waals surface area contributed by atoms with Gasteiger partial charge < -0.3 is 0 Å². The second kappa shape index (κ2) is 7.33. The van der Waals surface area contributed by atoms with Gasteiger partial charge in [0.1, 0.15) is 0 Å². The Morgan fingerprint density at radius 1 is 0.917 bits per heavy atom. The van der Waals surface area contributed by atoms with Crippen LogP contribution in [0.1, 0.15) is 27.0 Å². The number of benzene rings is 2. The topological polar surface area (TPSA) is 54.4 Å². The van der Waals surface area contributed by atoms with Crippen LogP contribution in [0, 0.1) is 6.92 Å². The van der Waals surface area contributed by atoms with Gasteiger partial charge in [-0.2, -0.15) is 5.10 Å². The number of aromatic nitrogens is 1. The molecule has 1 N–H and O–H groups in total. The number of hydrazone groups is 1. The number of amides is 1. The molecule has 1 heterocycles. The quantitative estimate of drug-likeness (QED) is 0.591. The highest BCUT2D eigenvalue weighted by atomic mass is 16.2. The third kappa shape index (κ3) is 3.73. The lowest BCUT2D eigenvalue weighted by atomic mass is 10.0. The first-order chi connectivity index (χ1) is 11.7. The van der Waals surface area contributed by atoms with E-state index in [2.05, 4.69) is 15.5 Å². The molecule has 0 aliphatic heterocycles. The largest absolute Gasteiger partial charge is 0.271 e. The Morgan fingerprint density at radius 2 is 1.67 bits per heavy atom. The van der Waals surface area contributed by atoms with E-state index in [0.29, 0.717) is 11.3 Å². The second-order valence-electron chi connectivity index (χ2n) is 5.38. The van der Waals surface area contributed by atoms with Gasteiger partial charge in [0.25, 0.3) is 5.91 Å². The van der Waals surface area contributed by atoms with E-state index in [4.69, 9.17) is 0 Å². The van der Waals surface area contributed by atoms with E-state index in [1.807, 2.05) is 67.6 Å². The summed E-state index contributed by atoms with van der Waals surface area (Å²) >= 11 is 0. The lowest BCUT2D eigenvalue weighted by Crippen LogP contribution is -2.20. The molecule has 0 aliphatic carbocycles. The molecule has 0 spiro atoms. The molecule has 24 heavy (non-hydrogen) atoms. The number of pyridine rings is 1. The molecule has 0 unspecified atom stereocenters. The van der Waals surface area contributed by atoms with E-state index in [0.717, 1.165) is 16.7 Å². The van der Waals surface area contributed by atoms with E-state index in [-0.39, 0.29) is 5.91 Å². The third-order valence-corrected chi connectivity index (χ3v) is 3.53. The molecule has 0 aliphatic rings. The summed E-state index contributed by atoms with van der Waals surface area (Å²) in [7, 11) is 0. The molecule has 3 aromatic rings. The first kappa shape index (κ1) is 15.6. The lowest BCUT2D eigenvalue weighted by molar-refractivity contribution is 0.0955. The fourth-order valence-electron chi connectivity index (χ4n) is 2.35. The molecule has 2 aromatic carbocycles. The van der Waals surface area contributed by atoms with Gasteiger partial charge in [-0.1, -0.05) is 48.0 Å². The highest BCUT2D eigenvalue weighted by molar-refractivity contribution is 6.13.